The number of benzene rings is 1. The maximum Gasteiger partial charge on any atom is 0.261 e. The molecule has 1 aromatic carbocycles. The number of rotatable bonds is 4. The molecule has 1 heterocycles. The van der Waals surface area contributed by atoms with Crippen LogP contribution in [0.15, 0.2) is 12.1 Å². The van der Waals surface area contributed by atoms with Gasteiger partial charge in [0, 0.05) is 11.1 Å². The lowest BCUT2D eigenvalue weighted by molar-refractivity contribution is -0.127. The van der Waals surface area contributed by atoms with Gasteiger partial charge in [0.05, 0.1) is 11.5 Å². The lowest BCUT2D eigenvalue weighted by atomic mass is 10.1. The van der Waals surface area contributed by atoms with Gasteiger partial charge in [0.2, 0.25) is 0 Å². The normalized spacial score (nSPS) is 21.4. The van der Waals surface area contributed by atoms with E-state index < -0.39 is 15.9 Å². The molecule has 2 atom stereocenters. The first-order valence-electron chi connectivity index (χ1n) is 7.12. The van der Waals surface area contributed by atoms with Gasteiger partial charge in [-0.15, -0.1) is 0 Å². The molecule has 0 unspecified atom stereocenters. The van der Waals surface area contributed by atoms with Crippen molar-refractivity contribution in [3.8, 4) is 5.75 Å². The smallest absolute Gasteiger partial charge is 0.261 e. The minimum Gasteiger partial charge on any atom is -0.481 e. The second-order valence-corrected chi connectivity index (χ2v) is 8.35. The predicted molar refractivity (Wildman–Crippen MR) is 86.2 cm³/mol. The Bertz CT molecular complexity index is 664. The topological polar surface area (TPSA) is 72.5 Å². The zero-order valence-electron chi connectivity index (χ0n) is 12.8. The minimum absolute atomic E-state index is 0.00458. The van der Waals surface area contributed by atoms with Crippen LogP contribution in [-0.4, -0.2) is 38.0 Å². The molecule has 7 heteroatoms. The van der Waals surface area contributed by atoms with Gasteiger partial charge in [0.25, 0.3) is 5.91 Å². The molecular weight excluding hydrogens is 326 g/mol. The van der Waals surface area contributed by atoms with Gasteiger partial charge in [-0.1, -0.05) is 11.6 Å². The van der Waals surface area contributed by atoms with Crippen LogP contribution in [0, 0.1) is 13.8 Å². The first kappa shape index (κ1) is 17.1. The Hall–Kier alpha value is -1.27. The van der Waals surface area contributed by atoms with Crippen LogP contribution in [0.5, 0.6) is 5.75 Å². The monoisotopic (exact) mass is 345 g/mol. The molecule has 0 aromatic heterocycles. The van der Waals surface area contributed by atoms with Gasteiger partial charge in [-0.2, -0.15) is 0 Å². The Balaban J connectivity index is 1.97. The van der Waals surface area contributed by atoms with Gasteiger partial charge in [-0.3, -0.25) is 4.79 Å². The maximum absolute atomic E-state index is 12.1. The standard InChI is InChI=1S/C15H20ClNO4S/c1-9-6-13(7-10(2)14(9)16)21-11(3)15(18)17-12-4-5-22(19,20)8-12/h6-7,11-12H,4-5,8H2,1-3H3,(H,17,18)/t11-,12-/m1/s1. The minimum atomic E-state index is -3.01. The predicted octanol–water partition coefficient (Wildman–Crippen LogP) is 2.03. The molecule has 122 valence electrons. The Morgan fingerprint density at radius 2 is 1.95 bits per heavy atom. The van der Waals surface area contributed by atoms with Crippen molar-refractivity contribution in [1.82, 2.24) is 5.32 Å². The second kappa shape index (κ2) is 6.46. The van der Waals surface area contributed by atoms with Crippen molar-refractivity contribution in [2.45, 2.75) is 39.3 Å². The van der Waals surface area contributed by atoms with E-state index in [2.05, 4.69) is 5.32 Å². The van der Waals surface area contributed by atoms with Gasteiger partial charge >= 0.3 is 0 Å². The molecule has 1 N–H and O–H groups in total. The number of aryl methyl sites for hydroxylation is 2. The van der Waals surface area contributed by atoms with Crippen molar-refractivity contribution in [2.75, 3.05) is 11.5 Å². The fraction of sp³-hybridized carbons (Fsp3) is 0.533. The lowest BCUT2D eigenvalue weighted by Gasteiger charge is -2.18. The van der Waals surface area contributed by atoms with E-state index in [9.17, 15) is 13.2 Å². The van der Waals surface area contributed by atoms with Crippen molar-refractivity contribution in [3.05, 3.63) is 28.3 Å². The van der Waals surface area contributed by atoms with Gasteiger partial charge in [-0.05, 0) is 50.5 Å². The molecule has 5 nitrogen and oxygen atoms in total. The molecule has 22 heavy (non-hydrogen) atoms. The zero-order chi connectivity index (χ0) is 16.5. The molecule has 1 saturated heterocycles. The number of carbonyl (C=O) groups is 1. The van der Waals surface area contributed by atoms with Crippen LogP contribution >= 0.6 is 11.6 Å². The van der Waals surface area contributed by atoms with Crippen molar-refractivity contribution in [2.24, 2.45) is 0 Å². The number of ether oxygens (including phenoxy) is 1. The summed E-state index contributed by atoms with van der Waals surface area (Å²) < 4.78 is 28.4. The number of halogens is 1. The molecule has 2 rings (SSSR count). The third kappa shape index (κ3) is 4.14. The molecule has 0 radical (unpaired) electrons. The number of amides is 1. The van der Waals surface area contributed by atoms with E-state index in [1.54, 1.807) is 19.1 Å². The summed E-state index contributed by atoms with van der Waals surface area (Å²) in [7, 11) is -3.01. The summed E-state index contributed by atoms with van der Waals surface area (Å²) >= 11 is 6.10. The molecular formula is C15H20ClNO4S. The average Bonchev–Trinajstić information content (AvgIpc) is 2.75. The van der Waals surface area contributed by atoms with Crippen molar-refractivity contribution < 1.29 is 17.9 Å². The molecule has 1 aliphatic rings. The molecule has 1 fully saturated rings. The number of sulfone groups is 1. The highest BCUT2D eigenvalue weighted by Gasteiger charge is 2.30. The molecule has 1 aromatic rings. The average molecular weight is 346 g/mol. The molecule has 0 saturated carbocycles. The molecule has 0 bridgehead atoms. The third-order valence-electron chi connectivity index (χ3n) is 3.67. The number of hydrogen-bond acceptors (Lipinski definition) is 4. The summed E-state index contributed by atoms with van der Waals surface area (Å²) in [6, 6.07) is 3.23. The van der Waals surface area contributed by atoms with Crippen LogP contribution in [0.1, 0.15) is 24.5 Å². The second-order valence-electron chi connectivity index (χ2n) is 5.74. The fourth-order valence-corrected chi connectivity index (χ4v) is 4.24. The quantitative estimate of drug-likeness (QED) is 0.906. The van der Waals surface area contributed by atoms with Crippen LogP contribution in [0.25, 0.3) is 0 Å². The highest BCUT2D eigenvalue weighted by atomic mass is 35.5. The van der Waals surface area contributed by atoms with E-state index in [-0.39, 0.29) is 23.5 Å². The zero-order valence-corrected chi connectivity index (χ0v) is 14.4. The highest BCUT2D eigenvalue weighted by Crippen LogP contribution is 2.26. The highest BCUT2D eigenvalue weighted by molar-refractivity contribution is 7.91. The largest absolute Gasteiger partial charge is 0.481 e. The van der Waals surface area contributed by atoms with Crippen molar-refractivity contribution in [1.29, 1.82) is 0 Å². The van der Waals surface area contributed by atoms with Crippen LogP contribution in [0.4, 0.5) is 0 Å². The van der Waals surface area contributed by atoms with E-state index in [1.165, 1.54) is 0 Å². The summed E-state index contributed by atoms with van der Waals surface area (Å²) in [5, 5.41) is 3.41. The van der Waals surface area contributed by atoms with E-state index >= 15 is 0 Å². The first-order valence-corrected chi connectivity index (χ1v) is 9.32. The van der Waals surface area contributed by atoms with E-state index in [4.69, 9.17) is 16.3 Å². The third-order valence-corrected chi connectivity index (χ3v) is 6.03. The fourth-order valence-electron chi connectivity index (χ4n) is 2.46. The number of hydrogen-bond donors (Lipinski definition) is 1. The summed E-state index contributed by atoms with van der Waals surface area (Å²) in [5.41, 5.74) is 1.76. The van der Waals surface area contributed by atoms with Crippen molar-refractivity contribution >= 4 is 27.3 Å². The van der Waals surface area contributed by atoms with Crippen LogP contribution < -0.4 is 10.1 Å². The summed E-state index contributed by atoms with van der Waals surface area (Å²) in [4.78, 5) is 12.1. The molecule has 0 aliphatic carbocycles. The van der Waals surface area contributed by atoms with E-state index in [0.29, 0.717) is 17.2 Å². The Kier molecular flexibility index (Phi) is 5.02. The summed E-state index contributed by atoms with van der Waals surface area (Å²) in [6.07, 6.45) is -0.247. The number of nitrogens with one attached hydrogen (secondary N) is 1. The van der Waals surface area contributed by atoms with E-state index in [0.717, 1.165) is 11.1 Å². The SMILES string of the molecule is Cc1cc(O[C@H](C)C(=O)N[C@@H]2CCS(=O)(=O)C2)cc(C)c1Cl. The van der Waals surface area contributed by atoms with Gasteiger partial charge in [0.1, 0.15) is 5.75 Å². The Labute approximate surface area is 135 Å². The van der Waals surface area contributed by atoms with Gasteiger partial charge in [-0.25, -0.2) is 8.42 Å². The summed E-state index contributed by atoms with van der Waals surface area (Å²) in [5.74, 6) is 0.390. The van der Waals surface area contributed by atoms with Crippen LogP contribution in [-0.2, 0) is 14.6 Å². The lowest BCUT2D eigenvalue weighted by Crippen LogP contribution is -2.43. The number of carbonyl (C=O) groups excluding carboxylic acids is 1. The van der Waals surface area contributed by atoms with Gasteiger partial charge < -0.3 is 10.1 Å². The van der Waals surface area contributed by atoms with Crippen molar-refractivity contribution in [3.63, 3.8) is 0 Å². The molecule has 0 spiro atoms. The van der Waals surface area contributed by atoms with E-state index in [1.807, 2.05) is 13.8 Å². The molecule has 1 amide bonds. The molecule has 1 aliphatic heterocycles. The van der Waals surface area contributed by atoms with Crippen LogP contribution in [0.2, 0.25) is 5.02 Å². The van der Waals surface area contributed by atoms with Crippen LogP contribution in [0.3, 0.4) is 0 Å². The van der Waals surface area contributed by atoms with Gasteiger partial charge in [0.15, 0.2) is 15.9 Å². The Morgan fingerprint density at radius 1 is 1.36 bits per heavy atom. The maximum atomic E-state index is 12.1. The first-order chi connectivity index (χ1) is 10.2. The summed E-state index contributed by atoms with van der Waals surface area (Å²) in [6.45, 7) is 5.38. The Morgan fingerprint density at radius 3 is 2.45 bits per heavy atom.